The summed E-state index contributed by atoms with van der Waals surface area (Å²) in [5.74, 6) is -0.0991. The molecule has 1 N–H and O–H groups in total. The highest BCUT2D eigenvalue weighted by Crippen LogP contribution is 2.12. The van der Waals surface area contributed by atoms with Gasteiger partial charge >= 0.3 is 0 Å². The van der Waals surface area contributed by atoms with Crippen LogP contribution in [0.1, 0.15) is 23.2 Å². The number of carbonyl (C=O) groups excluding carboxylic acids is 1. The molecule has 1 aliphatic heterocycles. The van der Waals surface area contributed by atoms with E-state index in [-0.39, 0.29) is 12.0 Å². The van der Waals surface area contributed by atoms with Crippen LogP contribution in [0.5, 0.6) is 0 Å². The van der Waals surface area contributed by atoms with Crippen LogP contribution in [0.25, 0.3) is 0 Å². The van der Waals surface area contributed by atoms with Crippen molar-refractivity contribution in [2.75, 3.05) is 13.2 Å². The number of benzene rings is 1. The van der Waals surface area contributed by atoms with Gasteiger partial charge in [0.2, 0.25) is 0 Å². The van der Waals surface area contributed by atoms with Crippen LogP contribution in [-0.2, 0) is 4.74 Å². The minimum atomic E-state index is -0.0991. The smallest absolute Gasteiger partial charge is 0.251 e. The molecule has 1 amide bonds. The molecule has 4 heteroatoms. The number of hydrogen-bond acceptors (Lipinski definition) is 2. The van der Waals surface area contributed by atoms with Crippen LogP contribution in [0.2, 0.25) is 5.02 Å². The maximum Gasteiger partial charge on any atom is 0.251 e. The van der Waals surface area contributed by atoms with Crippen molar-refractivity contribution >= 4 is 17.5 Å². The molecule has 86 valence electrons. The fourth-order valence-electron chi connectivity index (χ4n) is 1.74. The van der Waals surface area contributed by atoms with Crippen LogP contribution in [0, 0.1) is 0 Å². The Morgan fingerprint density at radius 1 is 1.56 bits per heavy atom. The fourth-order valence-corrected chi connectivity index (χ4v) is 1.93. The molecule has 0 bridgehead atoms. The van der Waals surface area contributed by atoms with E-state index in [0.29, 0.717) is 17.1 Å². The van der Waals surface area contributed by atoms with Gasteiger partial charge in [-0.2, -0.15) is 0 Å². The molecule has 1 saturated heterocycles. The van der Waals surface area contributed by atoms with Crippen molar-refractivity contribution in [2.45, 2.75) is 18.9 Å². The SMILES string of the molecule is O=C(NCC1CCCO1)c1cccc(Cl)c1. The van der Waals surface area contributed by atoms with E-state index in [2.05, 4.69) is 5.32 Å². The van der Waals surface area contributed by atoms with Crippen molar-refractivity contribution in [1.29, 1.82) is 0 Å². The first-order valence-electron chi connectivity index (χ1n) is 5.41. The summed E-state index contributed by atoms with van der Waals surface area (Å²) in [5, 5.41) is 3.42. The number of amides is 1. The second-order valence-corrected chi connectivity index (χ2v) is 4.29. The average molecular weight is 240 g/mol. The molecule has 3 nitrogen and oxygen atoms in total. The molecular formula is C12H14ClNO2. The summed E-state index contributed by atoms with van der Waals surface area (Å²) in [6.07, 6.45) is 2.27. The second-order valence-electron chi connectivity index (χ2n) is 3.86. The fraction of sp³-hybridized carbons (Fsp3) is 0.417. The molecule has 0 aromatic heterocycles. The van der Waals surface area contributed by atoms with Crippen LogP contribution < -0.4 is 5.32 Å². The maximum atomic E-state index is 11.7. The summed E-state index contributed by atoms with van der Waals surface area (Å²) in [5.41, 5.74) is 0.588. The van der Waals surface area contributed by atoms with Crippen molar-refractivity contribution in [3.63, 3.8) is 0 Å². The normalized spacial score (nSPS) is 19.7. The van der Waals surface area contributed by atoms with Gasteiger partial charge in [0.15, 0.2) is 0 Å². The molecule has 1 heterocycles. The van der Waals surface area contributed by atoms with E-state index in [9.17, 15) is 4.79 Å². The number of rotatable bonds is 3. The van der Waals surface area contributed by atoms with Gasteiger partial charge in [-0.25, -0.2) is 0 Å². The Bertz CT molecular complexity index is 375. The van der Waals surface area contributed by atoms with E-state index in [4.69, 9.17) is 16.3 Å². The van der Waals surface area contributed by atoms with E-state index in [1.165, 1.54) is 0 Å². The van der Waals surface area contributed by atoms with Gasteiger partial charge in [0, 0.05) is 23.7 Å². The van der Waals surface area contributed by atoms with Crippen LogP contribution in [-0.4, -0.2) is 25.2 Å². The predicted octanol–water partition coefficient (Wildman–Crippen LogP) is 2.25. The molecular weight excluding hydrogens is 226 g/mol. The zero-order valence-electron chi connectivity index (χ0n) is 8.91. The lowest BCUT2D eigenvalue weighted by atomic mass is 10.2. The third kappa shape index (κ3) is 2.97. The zero-order valence-corrected chi connectivity index (χ0v) is 9.67. The highest BCUT2D eigenvalue weighted by molar-refractivity contribution is 6.30. The van der Waals surface area contributed by atoms with Crippen molar-refractivity contribution in [3.05, 3.63) is 34.9 Å². The molecule has 1 atom stereocenters. The molecule has 0 radical (unpaired) electrons. The topological polar surface area (TPSA) is 38.3 Å². The standard InChI is InChI=1S/C12H14ClNO2/c13-10-4-1-3-9(7-10)12(15)14-8-11-5-2-6-16-11/h1,3-4,7,11H,2,5-6,8H2,(H,14,15). The Morgan fingerprint density at radius 2 is 2.44 bits per heavy atom. The minimum absolute atomic E-state index is 0.0991. The molecule has 2 rings (SSSR count). The molecule has 0 spiro atoms. The summed E-state index contributed by atoms with van der Waals surface area (Å²) in [6, 6.07) is 6.92. The first kappa shape index (κ1) is 11.4. The molecule has 1 aromatic carbocycles. The molecule has 16 heavy (non-hydrogen) atoms. The summed E-state index contributed by atoms with van der Waals surface area (Å²) < 4.78 is 5.42. The summed E-state index contributed by atoms with van der Waals surface area (Å²) in [6.45, 7) is 1.38. The Morgan fingerprint density at radius 3 is 3.12 bits per heavy atom. The zero-order chi connectivity index (χ0) is 11.4. The molecule has 0 aliphatic carbocycles. The quantitative estimate of drug-likeness (QED) is 0.879. The lowest BCUT2D eigenvalue weighted by Crippen LogP contribution is -2.31. The third-order valence-corrected chi connectivity index (χ3v) is 2.84. The Hall–Kier alpha value is -1.06. The summed E-state index contributed by atoms with van der Waals surface area (Å²) in [7, 11) is 0. The Kier molecular flexibility index (Phi) is 3.80. The van der Waals surface area contributed by atoms with Gasteiger partial charge in [0.1, 0.15) is 0 Å². The number of carbonyl (C=O) groups is 1. The number of ether oxygens (including phenoxy) is 1. The molecule has 1 unspecified atom stereocenters. The Balaban J connectivity index is 1.87. The highest BCUT2D eigenvalue weighted by Gasteiger charge is 2.16. The van der Waals surface area contributed by atoms with E-state index in [1.807, 2.05) is 0 Å². The average Bonchev–Trinajstić information content (AvgIpc) is 2.78. The van der Waals surface area contributed by atoms with Crippen LogP contribution >= 0.6 is 11.6 Å². The summed E-state index contributed by atoms with van der Waals surface area (Å²) in [4.78, 5) is 11.7. The number of halogens is 1. The van der Waals surface area contributed by atoms with E-state index < -0.39 is 0 Å². The maximum absolute atomic E-state index is 11.7. The monoisotopic (exact) mass is 239 g/mol. The molecule has 1 aromatic rings. The van der Waals surface area contributed by atoms with Crippen molar-refractivity contribution in [3.8, 4) is 0 Å². The van der Waals surface area contributed by atoms with Crippen LogP contribution in [0.3, 0.4) is 0 Å². The van der Waals surface area contributed by atoms with Gasteiger partial charge in [-0.1, -0.05) is 17.7 Å². The molecule has 0 saturated carbocycles. The van der Waals surface area contributed by atoms with Crippen molar-refractivity contribution in [2.24, 2.45) is 0 Å². The van der Waals surface area contributed by atoms with Crippen molar-refractivity contribution < 1.29 is 9.53 Å². The predicted molar refractivity (Wildman–Crippen MR) is 62.8 cm³/mol. The largest absolute Gasteiger partial charge is 0.376 e. The lowest BCUT2D eigenvalue weighted by molar-refractivity contribution is 0.0858. The van der Waals surface area contributed by atoms with E-state index in [1.54, 1.807) is 24.3 Å². The molecule has 1 fully saturated rings. The van der Waals surface area contributed by atoms with Crippen LogP contribution in [0.4, 0.5) is 0 Å². The lowest BCUT2D eigenvalue weighted by Gasteiger charge is -2.10. The van der Waals surface area contributed by atoms with Gasteiger partial charge in [-0.3, -0.25) is 4.79 Å². The molecule has 1 aliphatic rings. The number of nitrogens with one attached hydrogen (secondary N) is 1. The van der Waals surface area contributed by atoms with Gasteiger partial charge in [-0.05, 0) is 31.0 Å². The first-order valence-corrected chi connectivity index (χ1v) is 5.79. The Labute approximate surface area is 99.7 Å². The first-order chi connectivity index (χ1) is 7.75. The summed E-state index contributed by atoms with van der Waals surface area (Å²) >= 11 is 5.81. The van der Waals surface area contributed by atoms with E-state index >= 15 is 0 Å². The van der Waals surface area contributed by atoms with Crippen molar-refractivity contribution in [1.82, 2.24) is 5.32 Å². The van der Waals surface area contributed by atoms with E-state index in [0.717, 1.165) is 19.4 Å². The second kappa shape index (κ2) is 5.32. The van der Waals surface area contributed by atoms with Gasteiger partial charge in [-0.15, -0.1) is 0 Å². The third-order valence-electron chi connectivity index (χ3n) is 2.60. The number of hydrogen-bond donors (Lipinski definition) is 1. The van der Waals surface area contributed by atoms with Gasteiger partial charge in [0.25, 0.3) is 5.91 Å². The van der Waals surface area contributed by atoms with Gasteiger partial charge < -0.3 is 10.1 Å². The van der Waals surface area contributed by atoms with Crippen LogP contribution in [0.15, 0.2) is 24.3 Å². The highest BCUT2D eigenvalue weighted by atomic mass is 35.5. The minimum Gasteiger partial charge on any atom is -0.376 e. The van der Waals surface area contributed by atoms with Gasteiger partial charge in [0.05, 0.1) is 6.10 Å².